The summed E-state index contributed by atoms with van der Waals surface area (Å²) in [6.45, 7) is 2.17. The number of carboxylic acid groups (broad SMARTS) is 1. The van der Waals surface area contributed by atoms with E-state index in [2.05, 4.69) is 4.98 Å². The van der Waals surface area contributed by atoms with Gasteiger partial charge in [0.25, 0.3) is 0 Å². The Balaban J connectivity index is 1.43. The number of aryl methyl sites for hydroxylation is 1. The van der Waals surface area contributed by atoms with Crippen molar-refractivity contribution >= 4 is 17.3 Å². The summed E-state index contributed by atoms with van der Waals surface area (Å²) in [4.78, 5) is 22.8. The van der Waals surface area contributed by atoms with E-state index in [-0.39, 0.29) is 18.9 Å². The number of methoxy groups -OCH3 is 1. The Kier molecular flexibility index (Phi) is 7.19. The van der Waals surface area contributed by atoms with Crippen molar-refractivity contribution in [1.82, 2.24) is 9.97 Å². The van der Waals surface area contributed by atoms with Gasteiger partial charge >= 0.3 is 5.97 Å². The summed E-state index contributed by atoms with van der Waals surface area (Å²) in [5, 5.41) is 9.34. The van der Waals surface area contributed by atoms with Crippen molar-refractivity contribution in [2.45, 2.75) is 38.7 Å². The second-order valence-electron chi connectivity index (χ2n) is 9.22. The minimum atomic E-state index is -0.789. The molecule has 8 heteroatoms. The Labute approximate surface area is 218 Å². The highest BCUT2D eigenvalue weighted by molar-refractivity contribution is 7.15. The summed E-state index contributed by atoms with van der Waals surface area (Å²) < 4.78 is 26.2. The van der Waals surface area contributed by atoms with Crippen molar-refractivity contribution in [3.8, 4) is 33.3 Å². The van der Waals surface area contributed by atoms with Crippen molar-refractivity contribution in [2.24, 2.45) is 5.92 Å². The predicted octanol–water partition coefficient (Wildman–Crippen LogP) is 6.88. The SMILES string of the molecule is COc1ccc(F)c(-c2ncc(COc3cccc([C@@H](CC(=O)O)C4CC4)c3)nc2-c2ccc(C)s2)c1. The minimum absolute atomic E-state index is 0.00782. The molecule has 1 aliphatic carbocycles. The number of aliphatic carboxylic acids is 1. The molecule has 190 valence electrons. The van der Waals surface area contributed by atoms with Crippen molar-refractivity contribution < 1.29 is 23.8 Å². The van der Waals surface area contributed by atoms with E-state index < -0.39 is 11.8 Å². The van der Waals surface area contributed by atoms with E-state index in [1.807, 2.05) is 43.3 Å². The first-order chi connectivity index (χ1) is 17.9. The molecule has 2 heterocycles. The maximum absolute atomic E-state index is 14.8. The van der Waals surface area contributed by atoms with E-state index in [9.17, 15) is 14.3 Å². The highest BCUT2D eigenvalue weighted by Crippen LogP contribution is 2.45. The fourth-order valence-electron chi connectivity index (χ4n) is 4.47. The quantitative estimate of drug-likeness (QED) is 0.247. The van der Waals surface area contributed by atoms with Gasteiger partial charge in [-0.05, 0) is 79.6 Å². The van der Waals surface area contributed by atoms with Crippen LogP contribution in [0.3, 0.4) is 0 Å². The molecule has 4 aromatic rings. The van der Waals surface area contributed by atoms with Crippen LogP contribution in [0.2, 0.25) is 0 Å². The number of thiophene rings is 1. The number of halogens is 1. The molecule has 0 amide bonds. The van der Waals surface area contributed by atoms with Gasteiger partial charge in [-0.3, -0.25) is 9.78 Å². The average Bonchev–Trinajstić information content (AvgIpc) is 3.65. The molecular formula is C29H27FN2O4S. The summed E-state index contributed by atoms with van der Waals surface area (Å²) in [6, 6.07) is 16.1. The van der Waals surface area contributed by atoms with Gasteiger partial charge < -0.3 is 14.6 Å². The van der Waals surface area contributed by atoms with Gasteiger partial charge in [-0.1, -0.05) is 12.1 Å². The van der Waals surface area contributed by atoms with E-state index in [1.165, 1.54) is 13.2 Å². The molecular weight excluding hydrogens is 491 g/mol. The van der Waals surface area contributed by atoms with Gasteiger partial charge in [0.2, 0.25) is 0 Å². The number of benzene rings is 2. The van der Waals surface area contributed by atoms with E-state index in [0.717, 1.165) is 28.2 Å². The normalized spacial score (nSPS) is 13.8. The first-order valence-electron chi connectivity index (χ1n) is 12.1. The third kappa shape index (κ3) is 5.80. The first-order valence-corrected chi connectivity index (χ1v) is 12.9. The Morgan fingerprint density at radius 3 is 2.68 bits per heavy atom. The highest BCUT2D eigenvalue weighted by Gasteiger charge is 2.33. The van der Waals surface area contributed by atoms with Crippen molar-refractivity contribution in [3.63, 3.8) is 0 Å². The van der Waals surface area contributed by atoms with Gasteiger partial charge in [-0.2, -0.15) is 0 Å². The van der Waals surface area contributed by atoms with Crippen LogP contribution in [-0.4, -0.2) is 28.2 Å². The third-order valence-corrected chi connectivity index (χ3v) is 7.49. The lowest BCUT2D eigenvalue weighted by Crippen LogP contribution is -2.09. The number of nitrogens with zero attached hydrogens (tertiary/aromatic N) is 2. The fraction of sp³-hybridized carbons (Fsp3) is 0.276. The molecule has 0 saturated heterocycles. The smallest absolute Gasteiger partial charge is 0.303 e. The van der Waals surface area contributed by atoms with Gasteiger partial charge in [-0.25, -0.2) is 9.37 Å². The lowest BCUT2D eigenvalue weighted by Gasteiger charge is -2.16. The van der Waals surface area contributed by atoms with Gasteiger partial charge in [0.1, 0.15) is 35.3 Å². The van der Waals surface area contributed by atoms with E-state index in [1.54, 1.807) is 29.7 Å². The molecule has 0 spiro atoms. The maximum Gasteiger partial charge on any atom is 0.303 e. The summed E-state index contributed by atoms with van der Waals surface area (Å²) in [5.74, 6) is 0.391. The van der Waals surface area contributed by atoms with Crippen LogP contribution in [0.4, 0.5) is 4.39 Å². The molecule has 0 bridgehead atoms. The van der Waals surface area contributed by atoms with E-state index >= 15 is 0 Å². The average molecular weight is 519 g/mol. The lowest BCUT2D eigenvalue weighted by molar-refractivity contribution is -0.137. The van der Waals surface area contributed by atoms with Gasteiger partial charge in [0.05, 0.1) is 30.3 Å². The molecule has 1 fully saturated rings. The first kappa shape index (κ1) is 24.9. The molecule has 1 aliphatic rings. The number of carboxylic acids is 1. The topological polar surface area (TPSA) is 81.5 Å². The Hall–Kier alpha value is -3.78. The fourth-order valence-corrected chi connectivity index (χ4v) is 5.33. The van der Waals surface area contributed by atoms with Crippen LogP contribution >= 0.6 is 11.3 Å². The molecule has 37 heavy (non-hydrogen) atoms. The Morgan fingerprint density at radius 1 is 1.14 bits per heavy atom. The molecule has 1 saturated carbocycles. The zero-order chi connectivity index (χ0) is 25.9. The third-order valence-electron chi connectivity index (χ3n) is 6.48. The Bertz CT molecular complexity index is 1430. The standard InChI is InChI=1S/C29H27FN2O4S/c1-17-6-11-26(37-17)29-28(24-13-21(35-2)9-10-25(24)30)31-15-20(32-29)16-36-22-5-3-4-19(12-22)23(14-27(33)34)18-7-8-18/h3-6,9-13,15,18,23H,7-8,14,16H2,1-2H3,(H,33,34)/t23-/m0/s1. The van der Waals surface area contributed by atoms with Crippen LogP contribution in [-0.2, 0) is 11.4 Å². The van der Waals surface area contributed by atoms with E-state index in [0.29, 0.717) is 40.1 Å². The summed E-state index contributed by atoms with van der Waals surface area (Å²) in [7, 11) is 1.54. The maximum atomic E-state index is 14.8. The largest absolute Gasteiger partial charge is 0.497 e. The van der Waals surface area contributed by atoms with Crippen LogP contribution in [0.15, 0.2) is 60.8 Å². The molecule has 6 nitrogen and oxygen atoms in total. The minimum Gasteiger partial charge on any atom is -0.497 e. The van der Waals surface area contributed by atoms with Crippen LogP contribution in [0, 0.1) is 18.7 Å². The Morgan fingerprint density at radius 2 is 1.97 bits per heavy atom. The number of hydrogen-bond donors (Lipinski definition) is 1. The molecule has 0 aliphatic heterocycles. The molecule has 1 atom stereocenters. The molecule has 1 N–H and O–H groups in total. The highest BCUT2D eigenvalue weighted by atomic mass is 32.1. The second kappa shape index (κ2) is 10.7. The van der Waals surface area contributed by atoms with Crippen LogP contribution in [0.25, 0.3) is 21.8 Å². The zero-order valence-electron chi connectivity index (χ0n) is 20.6. The molecule has 0 radical (unpaired) electrons. The van der Waals surface area contributed by atoms with Crippen LogP contribution in [0.1, 0.15) is 41.3 Å². The van der Waals surface area contributed by atoms with E-state index in [4.69, 9.17) is 14.5 Å². The summed E-state index contributed by atoms with van der Waals surface area (Å²) >= 11 is 1.56. The zero-order valence-corrected chi connectivity index (χ0v) is 21.4. The molecule has 0 unspecified atom stereocenters. The number of hydrogen-bond acceptors (Lipinski definition) is 6. The van der Waals surface area contributed by atoms with Crippen molar-refractivity contribution in [1.29, 1.82) is 0 Å². The molecule has 2 aromatic heterocycles. The van der Waals surface area contributed by atoms with Gasteiger partial charge in [-0.15, -0.1) is 11.3 Å². The summed E-state index contributed by atoms with van der Waals surface area (Å²) in [5.41, 5.74) is 2.91. The molecule has 2 aromatic carbocycles. The van der Waals surface area contributed by atoms with Crippen LogP contribution in [0.5, 0.6) is 11.5 Å². The lowest BCUT2D eigenvalue weighted by atomic mass is 9.91. The summed E-state index contributed by atoms with van der Waals surface area (Å²) in [6.07, 6.45) is 3.83. The van der Waals surface area contributed by atoms with Crippen molar-refractivity contribution in [2.75, 3.05) is 7.11 Å². The monoisotopic (exact) mass is 518 g/mol. The number of aromatic nitrogens is 2. The van der Waals surface area contributed by atoms with Gasteiger partial charge in [0, 0.05) is 10.4 Å². The second-order valence-corrected chi connectivity index (χ2v) is 10.5. The number of carbonyl (C=O) groups is 1. The predicted molar refractivity (Wildman–Crippen MR) is 141 cm³/mol. The van der Waals surface area contributed by atoms with Gasteiger partial charge in [0.15, 0.2) is 0 Å². The van der Waals surface area contributed by atoms with Crippen molar-refractivity contribution in [3.05, 3.63) is 82.7 Å². The number of rotatable bonds is 10. The van der Waals surface area contributed by atoms with Crippen LogP contribution < -0.4 is 9.47 Å². The molecule has 5 rings (SSSR count). The number of ether oxygens (including phenoxy) is 2.